The molecule has 0 aromatic carbocycles. The molecule has 0 saturated carbocycles. The topological polar surface area (TPSA) is 44.6 Å². The average molecular weight is 215 g/mol. The van der Waals surface area contributed by atoms with Crippen LogP contribution in [-0.2, 0) is 4.79 Å². The van der Waals surface area contributed by atoms with Crippen molar-refractivity contribution in [3.05, 3.63) is 0 Å². The molecule has 90 valence electrons. The lowest BCUT2D eigenvalue weighted by Gasteiger charge is -2.28. The quantitative estimate of drug-likeness (QED) is 0.712. The fraction of sp³-hybridized carbons (Fsp3) is 0.917. The van der Waals surface area contributed by atoms with Gasteiger partial charge in [-0.3, -0.25) is 0 Å². The van der Waals surface area contributed by atoms with Crippen molar-refractivity contribution in [2.45, 2.75) is 46.5 Å². The van der Waals surface area contributed by atoms with E-state index in [9.17, 15) is 0 Å². The van der Waals surface area contributed by atoms with Crippen LogP contribution in [0.2, 0.25) is 0 Å². The average Bonchev–Trinajstić information content (AvgIpc) is 2.18. The molecular weight excluding hydrogens is 190 g/mol. The van der Waals surface area contributed by atoms with E-state index in [0.717, 1.165) is 12.8 Å². The van der Waals surface area contributed by atoms with Crippen LogP contribution in [0.1, 0.15) is 46.5 Å². The SMILES string of the molecule is CC(=O)[O-].CCC[NH+]1CCCC(CC)C1. The summed E-state index contributed by atoms with van der Waals surface area (Å²) in [5, 5.41) is 8.89. The Hall–Kier alpha value is -0.570. The zero-order valence-corrected chi connectivity index (χ0v) is 10.3. The molecule has 1 aliphatic rings. The molecule has 1 saturated heterocycles. The number of rotatable bonds is 3. The number of likely N-dealkylation sites (tertiary alicyclic amines) is 1. The van der Waals surface area contributed by atoms with Crippen LogP contribution in [0.3, 0.4) is 0 Å². The Morgan fingerprint density at radius 2 is 2.07 bits per heavy atom. The van der Waals surface area contributed by atoms with Gasteiger partial charge in [-0.15, -0.1) is 0 Å². The highest BCUT2D eigenvalue weighted by molar-refractivity contribution is 5.60. The number of carbonyl (C=O) groups excluding carboxylic acids is 1. The Bertz CT molecular complexity index is 165. The number of carboxylic acids is 1. The first-order chi connectivity index (χ1) is 7.10. The van der Waals surface area contributed by atoms with Crippen molar-refractivity contribution in [1.82, 2.24) is 0 Å². The number of aliphatic carboxylic acids is 1. The molecule has 2 unspecified atom stereocenters. The number of piperidine rings is 1. The second-order valence-corrected chi connectivity index (χ2v) is 4.36. The molecule has 1 rings (SSSR count). The summed E-state index contributed by atoms with van der Waals surface area (Å²) in [6.45, 7) is 9.88. The Labute approximate surface area is 93.5 Å². The Balaban J connectivity index is 0.000000423. The van der Waals surface area contributed by atoms with Gasteiger partial charge in [0, 0.05) is 11.9 Å². The molecule has 15 heavy (non-hydrogen) atoms. The van der Waals surface area contributed by atoms with Crippen molar-refractivity contribution >= 4 is 5.97 Å². The van der Waals surface area contributed by atoms with E-state index in [-0.39, 0.29) is 0 Å². The Morgan fingerprint density at radius 3 is 2.53 bits per heavy atom. The minimum Gasteiger partial charge on any atom is -0.550 e. The summed E-state index contributed by atoms with van der Waals surface area (Å²) in [6, 6.07) is 0. The third-order valence-electron chi connectivity index (χ3n) is 2.90. The molecule has 1 heterocycles. The lowest BCUT2D eigenvalue weighted by Crippen LogP contribution is -3.13. The number of carbonyl (C=O) groups is 1. The fourth-order valence-corrected chi connectivity index (χ4v) is 2.18. The molecule has 1 N–H and O–H groups in total. The molecule has 3 nitrogen and oxygen atoms in total. The van der Waals surface area contributed by atoms with Crippen LogP contribution in [0, 0.1) is 5.92 Å². The highest BCUT2D eigenvalue weighted by Gasteiger charge is 2.20. The molecule has 1 fully saturated rings. The Kier molecular flexibility index (Phi) is 8.38. The van der Waals surface area contributed by atoms with Crippen LogP contribution in [0.25, 0.3) is 0 Å². The third-order valence-corrected chi connectivity index (χ3v) is 2.90. The number of quaternary nitrogens is 1. The molecule has 0 spiro atoms. The molecular formula is C12H25NO2. The van der Waals surface area contributed by atoms with Crippen molar-refractivity contribution in [3.63, 3.8) is 0 Å². The molecule has 0 aliphatic carbocycles. The van der Waals surface area contributed by atoms with E-state index in [2.05, 4.69) is 13.8 Å². The molecule has 3 heteroatoms. The van der Waals surface area contributed by atoms with Crippen molar-refractivity contribution < 1.29 is 14.8 Å². The van der Waals surface area contributed by atoms with E-state index in [0.29, 0.717) is 0 Å². The summed E-state index contributed by atoms with van der Waals surface area (Å²) in [5.41, 5.74) is 0. The van der Waals surface area contributed by atoms with E-state index >= 15 is 0 Å². The van der Waals surface area contributed by atoms with Gasteiger partial charge in [-0.05, 0) is 32.6 Å². The van der Waals surface area contributed by atoms with Gasteiger partial charge in [0.25, 0.3) is 0 Å². The standard InChI is InChI=1S/C10H21N.C2H4O2/c1-3-7-11-8-5-6-10(4-2)9-11;1-2(3)4/h10H,3-9H2,1-2H3;1H3,(H,3,4). The van der Waals surface area contributed by atoms with E-state index in [1.807, 2.05) is 4.90 Å². The number of nitrogens with one attached hydrogen (secondary N) is 1. The van der Waals surface area contributed by atoms with Crippen molar-refractivity contribution in [2.24, 2.45) is 5.92 Å². The van der Waals surface area contributed by atoms with Crippen LogP contribution >= 0.6 is 0 Å². The van der Waals surface area contributed by atoms with E-state index in [4.69, 9.17) is 9.90 Å². The van der Waals surface area contributed by atoms with E-state index in [1.165, 1.54) is 45.3 Å². The second kappa shape index (κ2) is 8.72. The lowest BCUT2D eigenvalue weighted by atomic mass is 9.96. The number of hydrogen-bond donors (Lipinski definition) is 1. The van der Waals surface area contributed by atoms with E-state index in [1.54, 1.807) is 0 Å². The van der Waals surface area contributed by atoms with Crippen LogP contribution in [-0.4, -0.2) is 25.6 Å². The minimum absolute atomic E-state index is 0.972. The molecule has 0 amide bonds. The Morgan fingerprint density at radius 1 is 1.47 bits per heavy atom. The molecule has 0 aromatic rings. The third kappa shape index (κ3) is 8.43. The van der Waals surface area contributed by atoms with Crippen LogP contribution in [0.15, 0.2) is 0 Å². The molecule has 0 aromatic heterocycles. The van der Waals surface area contributed by atoms with Gasteiger partial charge in [0.15, 0.2) is 0 Å². The van der Waals surface area contributed by atoms with E-state index < -0.39 is 5.97 Å². The first-order valence-electron chi connectivity index (χ1n) is 6.11. The summed E-state index contributed by atoms with van der Waals surface area (Å²) in [4.78, 5) is 10.7. The smallest absolute Gasteiger partial charge is 0.0799 e. The fourth-order valence-electron chi connectivity index (χ4n) is 2.18. The van der Waals surface area contributed by atoms with Gasteiger partial charge in [0.2, 0.25) is 0 Å². The monoisotopic (exact) mass is 215 g/mol. The molecule has 0 radical (unpaired) electrons. The number of carboxylic acid groups (broad SMARTS) is 1. The number of hydrogen-bond acceptors (Lipinski definition) is 2. The van der Waals surface area contributed by atoms with Gasteiger partial charge in [-0.1, -0.05) is 13.8 Å². The maximum absolute atomic E-state index is 8.89. The van der Waals surface area contributed by atoms with Gasteiger partial charge < -0.3 is 14.8 Å². The van der Waals surface area contributed by atoms with Crippen molar-refractivity contribution in [3.8, 4) is 0 Å². The van der Waals surface area contributed by atoms with Crippen LogP contribution in [0.4, 0.5) is 0 Å². The normalized spacial score (nSPS) is 25.3. The summed E-state index contributed by atoms with van der Waals surface area (Å²) in [5.74, 6) is -0.0506. The zero-order chi connectivity index (χ0) is 11.7. The zero-order valence-electron chi connectivity index (χ0n) is 10.3. The predicted octanol–water partition coefficient (Wildman–Crippen LogP) is -0.142. The van der Waals surface area contributed by atoms with Crippen molar-refractivity contribution in [2.75, 3.05) is 19.6 Å². The summed E-state index contributed by atoms with van der Waals surface area (Å²) in [6.07, 6.45) is 5.70. The predicted molar refractivity (Wildman–Crippen MR) is 59.6 cm³/mol. The summed E-state index contributed by atoms with van der Waals surface area (Å²) >= 11 is 0. The lowest BCUT2D eigenvalue weighted by molar-refractivity contribution is -0.908. The summed E-state index contributed by atoms with van der Waals surface area (Å²) < 4.78 is 0. The van der Waals surface area contributed by atoms with Gasteiger partial charge in [0.1, 0.15) is 0 Å². The molecule has 1 aliphatic heterocycles. The summed E-state index contributed by atoms with van der Waals surface area (Å²) in [7, 11) is 0. The second-order valence-electron chi connectivity index (χ2n) is 4.36. The van der Waals surface area contributed by atoms with Gasteiger partial charge in [-0.25, -0.2) is 0 Å². The molecule has 0 bridgehead atoms. The van der Waals surface area contributed by atoms with Crippen LogP contribution in [0.5, 0.6) is 0 Å². The first kappa shape index (κ1) is 14.4. The van der Waals surface area contributed by atoms with Crippen molar-refractivity contribution in [1.29, 1.82) is 0 Å². The first-order valence-corrected chi connectivity index (χ1v) is 6.11. The van der Waals surface area contributed by atoms with Gasteiger partial charge in [0.05, 0.1) is 19.6 Å². The van der Waals surface area contributed by atoms with Gasteiger partial charge >= 0.3 is 0 Å². The maximum atomic E-state index is 8.89. The largest absolute Gasteiger partial charge is 0.550 e. The highest BCUT2D eigenvalue weighted by atomic mass is 16.4. The molecule has 2 atom stereocenters. The highest BCUT2D eigenvalue weighted by Crippen LogP contribution is 2.10. The van der Waals surface area contributed by atoms with Crippen LogP contribution < -0.4 is 10.0 Å². The minimum atomic E-state index is -1.08. The van der Waals surface area contributed by atoms with Gasteiger partial charge in [-0.2, -0.15) is 0 Å². The maximum Gasteiger partial charge on any atom is 0.0799 e.